The number of carbonyl (C=O) groups excluding carboxylic acids is 1. The molecule has 1 fully saturated rings. The zero-order valence-electron chi connectivity index (χ0n) is 15.7. The normalized spacial score (nSPS) is 19.5. The predicted octanol–water partition coefficient (Wildman–Crippen LogP) is 3.13. The highest BCUT2D eigenvalue weighted by molar-refractivity contribution is 7.17. The van der Waals surface area contributed by atoms with Gasteiger partial charge in [-0.05, 0) is 42.5 Å². The van der Waals surface area contributed by atoms with Gasteiger partial charge in [-0.2, -0.15) is 0 Å². The molecule has 6 nitrogen and oxygen atoms in total. The van der Waals surface area contributed by atoms with Crippen LogP contribution in [0.4, 0.5) is 5.13 Å². The van der Waals surface area contributed by atoms with Crippen LogP contribution in [0.15, 0.2) is 48.8 Å². The van der Waals surface area contributed by atoms with Crippen molar-refractivity contribution >= 4 is 22.4 Å². The first-order valence-electron chi connectivity index (χ1n) is 9.85. The van der Waals surface area contributed by atoms with E-state index in [9.17, 15) is 4.79 Å². The van der Waals surface area contributed by atoms with Crippen molar-refractivity contribution < 1.29 is 4.79 Å². The lowest BCUT2D eigenvalue weighted by molar-refractivity contribution is -0.136. The molecule has 3 aromatic rings. The van der Waals surface area contributed by atoms with Crippen molar-refractivity contribution in [1.29, 1.82) is 0 Å². The second-order valence-electron chi connectivity index (χ2n) is 7.52. The topological polar surface area (TPSA) is 54.3 Å². The molecule has 2 aliphatic heterocycles. The molecule has 5 rings (SSSR count). The summed E-state index contributed by atoms with van der Waals surface area (Å²) in [4.78, 5) is 17.5. The van der Waals surface area contributed by atoms with Crippen molar-refractivity contribution in [3.63, 3.8) is 0 Å². The summed E-state index contributed by atoms with van der Waals surface area (Å²) in [5.41, 5.74) is 2.67. The third-order valence-corrected chi connectivity index (χ3v) is 6.71. The first kappa shape index (κ1) is 17.4. The first-order chi connectivity index (χ1) is 13.8. The highest BCUT2D eigenvalue weighted by Crippen LogP contribution is 2.29. The molecule has 144 valence electrons. The molecular formula is C21H23N5OS. The number of rotatable bonds is 3. The van der Waals surface area contributed by atoms with E-state index in [-0.39, 0.29) is 11.8 Å². The summed E-state index contributed by atoms with van der Waals surface area (Å²) in [6.07, 6.45) is 6.87. The fourth-order valence-electron chi connectivity index (χ4n) is 4.20. The van der Waals surface area contributed by atoms with E-state index < -0.39 is 0 Å². The van der Waals surface area contributed by atoms with Crippen LogP contribution in [-0.4, -0.2) is 45.2 Å². The second kappa shape index (κ2) is 7.39. The largest absolute Gasteiger partial charge is 0.346 e. The highest BCUT2D eigenvalue weighted by Gasteiger charge is 2.32. The predicted molar refractivity (Wildman–Crippen MR) is 110 cm³/mol. The van der Waals surface area contributed by atoms with Crippen LogP contribution in [0.3, 0.4) is 0 Å². The van der Waals surface area contributed by atoms with E-state index >= 15 is 0 Å². The average molecular weight is 394 g/mol. The number of amides is 1. The molecule has 2 aromatic heterocycles. The molecule has 4 heterocycles. The van der Waals surface area contributed by atoms with Crippen LogP contribution in [0.25, 0.3) is 5.13 Å². The summed E-state index contributed by atoms with van der Waals surface area (Å²) in [5, 5.41) is 10.5. The van der Waals surface area contributed by atoms with E-state index in [0.29, 0.717) is 0 Å². The van der Waals surface area contributed by atoms with Gasteiger partial charge in [0, 0.05) is 38.6 Å². The number of anilines is 1. The molecule has 1 aromatic carbocycles. The van der Waals surface area contributed by atoms with Gasteiger partial charge in [0.15, 0.2) is 0 Å². The van der Waals surface area contributed by atoms with Crippen LogP contribution in [0.5, 0.6) is 0 Å². The third-order valence-electron chi connectivity index (χ3n) is 5.71. The Morgan fingerprint density at radius 2 is 1.79 bits per heavy atom. The Morgan fingerprint density at radius 3 is 2.64 bits per heavy atom. The number of fused-ring (bicyclic) bond motifs is 1. The fourth-order valence-corrected chi connectivity index (χ4v) is 5.05. The summed E-state index contributed by atoms with van der Waals surface area (Å²) in [6.45, 7) is 3.23. The Morgan fingerprint density at radius 1 is 1.00 bits per heavy atom. The lowest BCUT2D eigenvalue weighted by Gasteiger charge is -2.36. The zero-order valence-corrected chi connectivity index (χ0v) is 16.5. The summed E-state index contributed by atoms with van der Waals surface area (Å²) in [6, 6.07) is 12.4. The minimum absolute atomic E-state index is 0.0398. The van der Waals surface area contributed by atoms with Gasteiger partial charge in [0.05, 0.1) is 5.92 Å². The number of piperidine rings is 1. The molecule has 0 radical (unpaired) electrons. The average Bonchev–Trinajstić information content (AvgIpc) is 3.45. The Bertz CT molecular complexity index is 967. The number of aromatic nitrogens is 3. The highest BCUT2D eigenvalue weighted by atomic mass is 32.1. The van der Waals surface area contributed by atoms with Crippen LogP contribution < -0.4 is 4.90 Å². The van der Waals surface area contributed by atoms with Crippen molar-refractivity contribution in [1.82, 2.24) is 19.7 Å². The molecule has 0 saturated carbocycles. The molecule has 0 spiro atoms. The van der Waals surface area contributed by atoms with Gasteiger partial charge in [-0.25, -0.2) is 0 Å². The van der Waals surface area contributed by atoms with Gasteiger partial charge in [0.25, 0.3) is 0 Å². The van der Waals surface area contributed by atoms with Gasteiger partial charge in [-0.3, -0.25) is 9.36 Å². The van der Waals surface area contributed by atoms with Crippen molar-refractivity contribution in [3.05, 3.63) is 59.9 Å². The van der Waals surface area contributed by atoms with Gasteiger partial charge in [0.2, 0.25) is 16.2 Å². The van der Waals surface area contributed by atoms with E-state index in [0.717, 1.165) is 55.7 Å². The lowest BCUT2D eigenvalue weighted by Crippen LogP contribution is -2.46. The van der Waals surface area contributed by atoms with Crippen LogP contribution in [0.1, 0.15) is 24.0 Å². The molecule has 0 bridgehead atoms. The van der Waals surface area contributed by atoms with E-state index in [2.05, 4.69) is 39.4 Å². The maximum Gasteiger partial charge on any atom is 0.227 e. The summed E-state index contributed by atoms with van der Waals surface area (Å²) in [5.74, 6) is 0.326. The number of nitrogens with zero attached hydrogens (tertiary/aromatic N) is 5. The molecule has 2 aliphatic rings. The maximum atomic E-state index is 13.2. The first-order valence-corrected chi connectivity index (χ1v) is 10.7. The maximum absolute atomic E-state index is 13.2. The van der Waals surface area contributed by atoms with E-state index in [1.54, 1.807) is 11.3 Å². The third kappa shape index (κ3) is 3.30. The zero-order chi connectivity index (χ0) is 18.9. The number of hydrogen-bond acceptors (Lipinski definition) is 5. The van der Waals surface area contributed by atoms with Crippen LogP contribution in [0, 0.1) is 5.92 Å². The molecule has 1 unspecified atom stereocenters. The SMILES string of the molecule is O=C(C1CCCN(c2nnc(-n3cccc3)s2)C1)N1CCc2ccccc2C1. The Balaban J connectivity index is 1.28. The van der Waals surface area contributed by atoms with Crippen molar-refractivity contribution in [2.75, 3.05) is 24.5 Å². The van der Waals surface area contributed by atoms with E-state index in [1.165, 1.54) is 11.1 Å². The minimum atomic E-state index is 0.0398. The van der Waals surface area contributed by atoms with Crippen LogP contribution in [0.2, 0.25) is 0 Å². The summed E-state index contributed by atoms with van der Waals surface area (Å²) in [7, 11) is 0. The minimum Gasteiger partial charge on any atom is -0.346 e. The van der Waals surface area contributed by atoms with Gasteiger partial charge >= 0.3 is 0 Å². The van der Waals surface area contributed by atoms with Gasteiger partial charge < -0.3 is 9.80 Å². The summed E-state index contributed by atoms with van der Waals surface area (Å²) >= 11 is 1.58. The van der Waals surface area contributed by atoms with Crippen molar-refractivity contribution in [3.8, 4) is 5.13 Å². The molecule has 1 atom stereocenters. The van der Waals surface area contributed by atoms with Crippen LogP contribution in [-0.2, 0) is 17.8 Å². The van der Waals surface area contributed by atoms with Gasteiger partial charge in [0.1, 0.15) is 0 Å². The Hall–Kier alpha value is -2.67. The second-order valence-corrected chi connectivity index (χ2v) is 8.46. The van der Waals surface area contributed by atoms with Gasteiger partial charge in [-0.15, -0.1) is 10.2 Å². The molecular weight excluding hydrogens is 370 g/mol. The molecule has 28 heavy (non-hydrogen) atoms. The molecule has 1 amide bonds. The van der Waals surface area contributed by atoms with E-state index in [1.807, 2.05) is 34.0 Å². The number of carbonyl (C=O) groups is 1. The Labute approximate surface area is 168 Å². The van der Waals surface area contributed by atoms with Crippen molar-refractivity contribution in [2.24, 2.45) is 5.92 Å². The quantitative estimate of drug-likeness (QED) is 0.686. The fraction of sp³-hybridized carbons (Fsp3) is 0.381. The Kier molecular flexibility index (Phi) is 4.60. The van der Waals surface area contributed by atoms with Crippen LogP contribution >= 0.6 is 11.3 Å². The van der Waals surface area contributed by atoms with Crippen molar-refractivity contribution in [2.45, 2.75) is 25.8 Å². The standard InChI is InChI=1S/C21H23N5OS/c27-19(25-13-9-16-6-1-2-7-17(16)14-25)18-8-5-12-26(15-18)21-23-22-20(28-21)24-10-3-4-11-24/h1-4,6-7,10-11,18H,5,8-9,12-15H2. The molecule has 0 N–H and O–H groups in total. The molecule has 0 aliphatic carbocycles. The lowest BCUT2D eigenvalue weighted by atomic mass is 9.94. The number of hydrogen-bond donors (Lipinski definition) is 0. The number of benzene rings is 1. The monoisotopic (exact) mass is 393 g/mol. The molecule has 1 saturated heterocycles. The molecule has 7 heteroatoms. The van der Waals surface area contributed by atoms with E-state index in [4.69, 9.17) is 0 Å². The smallest absolute Gasteiger partial charge is 0.227 e. The summed E-state index contributed by atoms with van der Waals surface area (Å²) < 4.78 is 1.97. The van der Waals surface area contributed by atoms with Gasteiger partial charge in [-0.1, -0.05) is 35.6 Å².